The first-order valence-electron chi connectivity index (χ1n) is 6.31. The van der Waals surface area contributed by atoms with E-state index in [9.17, 15) is 13.2 Å². The average molecular weight is 320 g/mol. The van der Waals surface area contributed by atoms with Crippen molar-refractivity contribution in [3.05, 3.63) is 21.9 Å². The van der Waals surface area contributed by atoms with Crippen LogP contribution in [0.5, 0.6) is 0 Å². The van der Waals surface area contributed by atoms with E-state index in [-0.39, 0.29) is 0 Å². The number of nitrogens with one attached hydrogen (secondary N) is 1. The maximum Gasteiger partial charge on any atom is 0.336 e. The van der Waals surface area contributed by atoms with Crippen LogP contribution in [0.25, 0.3) is 0 Å². The van der Waals surface area contributed by atoms with Gasteiger partial charge in [-0.1, -0.05) is 6.92 Å². The van der Waals surface area contributed by atoms with Crippen LogP contribution >= 0.6 is 11.3 Å². The summed E-state index contributed by atoms with van der Waals surface area (Å²) in [5.74, 6) is -0.917. The van der Waals surface area contributed by atoms with E-state index in [1.165, 1.54) is 21.9 Å². The lowest BCUT2D eigenvalue weighted by molar-refractivity contribution is 0.0697. The Hall–Kier alpha value is -0.960. The van der Waals surface area contributed by atoms with Crippen LogP contribution in [0.1, 0.15) is 28.6 Å². The lowest BCUT2D eigenvalue weighted by atomic mass is 10.3. The summed E-state index contributed by atoms with van der Waals surface area (Å²) in [7, 11) is -3.12. The van der Waals surface area contributed by atoms with Crippen molar-refractivity contribution in [1.29, 1.82) is 0 Å². The highest BCUT2D eigenvalue weighted by Crippen LogP contribution is 2.14. The van der Waals surface area contributed by atoms with Gasteiger partial charge in [-0.3, -0.25) is 0 Å². The van der Waals surface area contributed by atoms with Crippen molar-refractivity contribution in [3.63, 3.8) is 0 Å². The van der Waals surface area contributed by atoms with Gasteiger partial charge in [0, 0.05) is 29.9 Å². The smallest absolute Gasteiger partial charge is 0.336 e. The molecule has 0 saturated heterocycles. The highest BCUT2D eigenvalue weighted by Gasteiger charge is 2.13. The van der Waals surface area contributed by atoms with E-state index in [2.05, 4.69) is 5.32 Å². The van der Waals surface area contributed by atoms with Gasteiger partial charge in [0.05, 0.1) is 11.8 Å². The number of rotatable bonds is 9. The first-order valence-corrected chi connectivity index (χ1v) is 9.04. The van der Waals surface area contributed by atoms with Crippen LogP contribution in [0.3, 0.4) is 0 Å². The highest BCUT2D eigenvalue weighted by molar-refractivity contribution is 7.88. The lowest BCUT2D eigenvalue weighted by Crippen LogP contribution is -2.32. The van der Waals surface area contributed by atoms with Gasteiger partial charge in [0.25, 0.3) is 0 Å². The quantitative estimate of drug-likeness (QED) is 0.668. The monoisotopic (exact) mass is 320 g/mol. The van der Waals surface area contributed by atoms with Crippen LogP contribution in [0.15, 0.2) is 11.4 Å². The molecule has 114 valence electrons. The number of nitrogens with zero attached hydrogens (tertiary/aromatic N) is 1. The van der Waals surface area contributed by atoms with Gasteiger partial charge in [0.2, 0.25) is 10.0 Å². The molecule has 0 aliphatic carbocycles. The molecule has 0 aromatic carbocycles. The van der Waals surface area contributed by atoms with Crippen molar-refractivity contribution in [1.82, 2.24) is 9.62 Å². The van der Waals surface area contributed by atoms with Gasteiger partial charge in [-0.2, -0.15) is 0 Å². The van der Waals surface area contributed by atoms with Crippen molar-refractivity contribution in [2.75, 3.05) is 25.9 Å². The van der Waals surface area contributed by atoms with Gasteiger partial charge in [-0.15, -0.1) is 11.3 Å². The third kappa shape index (κ3) is 5.58. The van der Waals surface area contributed by atoms with Crippen LogP contribution < -0.4 is 5.32 Å². The second-order valence-corrected chi connectivity index (χ2v) is 7.37. The van der Waals surface area contributed by atoms with E-state index in [1.807, 2.05) is 6.92 Å². The maximum absolute atomic E-state index is 11.4. The summed E-state index contributed by atoms with van der Waals surface area (Å²) in [4.78, 5) is 11.7. The summed E-state index contributed by atoms with van der Waals surface area (Å²) < 4.78 is 24.2. The molecule has 1 aromatic heterocycles. The van der Waals surface area contributed by atoms with E-state index in [4.69, 9.17) is 5.11 Å². The Morgan fingerprint density at radius 1 is 1.50 bits per heavy atom. The number of hydrogen-bond donors (Lipinski definition) is 2. The Balaban J connectivity index is 2.26. The molecule has 0 aliphatic heterocycles. The summed E-state index contributed by atoms with van der Waals surface area (Å²) in [6, 6.07) is 1.65. The minimum absolute atomic E-state index is 0.307. The SMILES string of the molecule is CCN(CCCNCc1cc(C(=O)O)cs1)S(C)(=O)=O. The molecule has 0 atom stereocenters. The summed E-state index contributed by atoms with van der Waals surface area (Å²) in [5.41, 5.74) is 0.307. The topological polar surface area (TPSA) is 86.7 Å². The van der Waals surface area contributed by atoms with Crippen LogP contribution in [0.4, 0.5) is 0 Å². The van der Waals surface area contributed by atoms with Crippen LogP contribution in [-0.4, -0.2) is 49.7 Å². The molecule has 1 aromatic rings. The summed E-state index contributed by atoms with van der Waals surface area (Å²) in [6.07, 6.45) is 1.93. The summed E-state index contributed by atoms with van der Waals surface area (Å²) in [6.45, 7) is 4.07. The predicted octanol–water partition coefficient (Wildman–Crippen LogP) is 1.21. The zero-order chi connectivity index (χ0) is 15.2. The van der Waals surface area contributed by atoms with E-state index in [1.54, 1.807) is 11.4 Å². The molecule has 0 saturated carbocycles. The molecule has 1 rings (SSSR count). The van der Waals surface area contributed by atoms with Crippen LogP contribution in [0, 0.1) is 0 Å². The van der Waals surface area contributed by atoms with Gasteiger partial charge >= 0.3 is 5.97 Å². The number of hydrogen-bond acceptors (Lipinski definition) is 5. The zero-order valence-electron chi connectivity index (χ0n) is 11.6. The Kier molecular flexibility index (Phi) is 6.60. The normalized spacial score (nSPS) is 11.9. The molecular formula is C12H20N2O4S2. The molecular weight excluding hydrogens is 300 g/mol. The highest BCUT2D eigenvalue weighted by atomic mass is 32.2. The van der Waals surface area contributed by atoms with E-state index < -0.39 is 16.0 Å². The molecule has 0 fully saturated rings. The number of aromatic carboxylic acids is 1. The zero-order valence-corrected chi connectivity index (χ0v) is 13.3. The molecule has 0 bridgehead atoms. The molecule has 0 aliphatic rings. The van der Waals surface area contributed by atoms with Crippen molar-refractivity contribution >= 4 is 27.3 Å². The molecule has 0 unspecified atom stereocenters. The minimum Gasteiger partial charge on any atom is -0.478 e. The van der Waals surface area contributed by atoms with Gasteiger partial charge < -0.3 is 10.4 Å². The number of carbonyl (C=O) groups is 1. The molecule has 20 heavy (non-hydrogen) atoms. The van der Waals surface area contributed by atoms with E-state index in [0.29, 0.717) is 31.7 Å². The van der Waals surface area contributed by atoms with Gasteiger partial charge in [0.1, 0.15) is 0 Å². The third-order valence-corrected chi connectivity index (χ3v) is 5.10. The van der Waals surface area contributed by atoms with Crippen LogP contribution in [0.2, 0.25) is 0 Å². The fraction of sp³-hybridized carbons (Fsp3) is 0.583. The Labute approximate surface area is 123 Å². The average Bonchev–Trinajstić information content (AvgIpc) is 2.81. The van der Waals surface area contributed by atoms with Crippen molar-refractivity contribution in [3.8, 4) is 0 Å². The molecule has 8 heteroatoms. The number of carboxylic acid groups (broad SMARTS) is 1. The van der Waals surface area contributed by atoms with Crippen molar-refractivity contribution < 1.29 is 18.3 Å². The predicted molar refractivity (Wildman–Crippen MR) is 79.7 cm³/mol. The number of carboxylic acids is 1. The maximum atomic E-state index is 11.4. The molecule has 0 spiro atoms. The number of thiophene rings is 1. The first-order chi connectivity index (χ1) is 9.34. The Morgan fingerprint density at radius 3 is 2.70 bits per heavy atom. The van der Waals surface area contributed by atoms with Gasteiger partial charge in [-0.25, -0.2) is 17.5 Å². The molecule has 0 radical (unpaired) electrons. The second kappa shape index (κ2) is 7.72. The van der Waals surface area contributed by atoms with E-state index in [0.717, 1.165) is 11.3 Å². The molecule has 0 amide bonds. The summed E-state index contributed by atoms with van der Waals surface area (Å²) >= 11 is 1.40. The lowest BCUT2D eigenvalue weighted by Gasteiger charge is -2.17. The minimum atomic E-state index is -3.12. The van der Waals surface area contributed by atoms with E-state index >= 15 is 0 Å². The van der Waals surface area contributed by atoms with Gasteiger partial charge in [-0.05, 0) is 19.0 Å². The Morgan fingerprint density at radius 2 is 2.20 bits per heavy atom. The fourth-order valence-electron chi connectivity index (χ4n) is 1.74. The molecule has 1 heterocycles. The Bertz CT molecular complexity index is 539. The van der Waals surface area contributed by atoms with Crippen LogP contribution in [-0.2, 0) is 16.6 Å². The number of sulfonamides is 1. The van der Waals surface area contributed by atoms with Crippen molar-refractivity contribution in [2.45, 2.75) is 19.9 Å². The fourth-order valence-corrected chi connectivity index (χ4v) is 3.49. The molecule has 2 N–H and O–H groups in total. The van der Waals surface area contributed by atoms with Crippen molar-refractivity contribution in [2.24, 2.45) is 0 Å². The van der Waals surface area contributed by atoms with Gasteiger partial charge in [0.15, 0.2) is 0 Å². The summed E-state index contributed by atoms with van der Waals surface area (Å²) in [5, 5.41) is 13.6. The second-order valence-electron chi connectivity index (χ2n) is 4.39. The largest absolute Gasteiger partial charge is 0.478 e. The first kappa shape index (κ1) is 17.1. The third-order valence-electron chi connectivity index (χ3n) is 2.78. The molecule has 6 nitrogen and oxygen atoms in total. The standard InChI is InChI=1S/C12H20N2O4S2/c1-3-14(20(2,17)18)6-4-5-13-8-11-7-10(9-19-11)12(15)16/h7,9,13H,3-6,8H2,1-2H3,(H,15,16).